The second-order valence-corrected chi connectivity index (χ2v) is 5.84. The van der Waals surface area contributed by atoms with Crippen molar-refractivity contribution in [1.29, 1.82) is 0 Å². The van der Waals surface area contributed by atoms with E-state index in [0.29, 0.717) is 17.8 Å². The molecule has 0 bridgehead atoms. The molecule has 0 radical (unpaired) electrons. The van der Waals surface area contributed by atoms with Gasteiger partial charge in [0.2, 0.25) is 10.0 Å². The summed E-state index contributed by atoms with van der Waals surface area (Å²) in [6, 6.07) is 6.19. The van der Waals surface area contributed by atoms with Crippen molar-refractivity contribution in [2.75, 3.05) is 17.5 Å². The Balaban J connectivity index is 2.71. The number of sulfonamides is 1. The van der Waals surface area contributed by atoms with Crippen molar-refractivity contribution in [2.45, 2.75) is 6.92 Å². The summed E-state index contributed by atoms with van der Waals surface area (Å²) in [6.45, 7) is 5.92. The molecule has 6 heteroatoms. The van der Waals surface area contributed by atoms with Gasteiger partial charge in [0.1, 0.15) is 0 Å². The van der Waals surface area contributed by atoms with Crippen LogP contribution in [-0.2, 0) is 10.0 Å². The molecule has 1 aromatic rings. The molecule has 1 rings (SSSR count). The van der Waals surface area contributed by atoms with Crippen molar-refractivity contribution in [3.05, 3.63) is 42.0 Å². The lowest BCUT2D eigenvalue weighted by Crippen LogP contribution is -2.24. The summed E-state index contributed by atoms with van der Waals surface area (Å²) in [5, 5.41) is 2.69. The maximum Gasteiger partial charge on any atom is 0.251 e. The Hall–Kier alpha value is -1.82. The molecule has 0 aliphatic rings. The molecule has 2 N–H and O–H groups in total. The van der Waals surface area contributed by atoms with Crippen molar-refractivity contribution in [3.63, 3.8) is 0 Å². The number of benzene rings is 1. The molecule has 0 fully saturated rings. The van der Waals surface area contributed by atoms with Gasteiger partial charge in [-0.3, -0.25) is 9.52 Å². The van der Waals surface area contributed by atoms with E-state index in [1.54, 1.807) is 12.1 Å². The van der Waals surface area contributed by atoms with Gasteiger partial charge in [-0.15, -0.1) is 0 Å². The van der Waals surface area contributed by atoms with E-state index in [-0.39, 0.29) is 5.91 Å². The summed E-state index contributed by atoms with van der Waals surface area (Å²) in [5.41, 5.74) is 1.75. The van der Waals surface area contributed by atoms with Crippen molar-refractivity contribution in [2.24, 2.45) is 0 Å². The molecule has 0 aliphatic carbocycles. The summed E-state index contributed by atoms with van der Waals surface area (Å²) in [6.07, 6.45) is 1.07. The summed E-state index contributed by atoms with van der Waals surface area (Å²) in [4.78, 5) is 11.7. The summed E-state index contributed by atoms with van der Waals surface area (Å²) in [7, 11) is -3.29. The molecule has 0 spiro atoms. The lowest BCUT2D eigenvalue weighted by atomic mass is 10.2. The van der Waals surface area contributed by atoms with Crippen LogP contribution >= 0.6 is 0 Å². The highest BCUT2D eigenvalue weighted by Crippen LogP contribution is 2.10. The van der Waals surface area contributed by atoms with E-state index in [1.165, 1.54) is 12.1 Å². The molecular formula is C12H16N2O3S. The monoisotopic (exact) mass is 268 g/mol. The van der Waals surface area contributed by atoms with E-state index >= 15 is 0 Å². The Morgan fingerprint density at radius 3 is 2.28 bits per heavy atom. The molecule has 98 valence electrons. The first-order valence-electron chi connectivity index (χ1n) is 5.28. The quantitative estimate of drug-likeness (QED) is 0.792. The van der Waals surface area contributed by atoms with E-state index in [9.17, 15) is 13.2 Å². The lowest BCUT2D eigenvalue weighted by Gasteiger charge is -2.06. The molecule has 0 heterocycles. The fourth-order valence-electron chi connectivity index (χ4n) is 1.24. The zero-order chi connectivity index (χ0) is 13.8. The molecule has 0 atom stereocenters. The number of carbonyl (C=O) groups excluding carboxylic acids is 1. The Morgan fingerprint density at radius 1 is 1.28 bits per heavy atom. The van der Waals surface area contributed by atoms with Gasteiger partial charge in [0.05, 0.1) is 6.26 Å². The van der Waals surface area contributed by atoms with Crippen LogP contribution in [0, 0.1) is 0 Å². The number of amides is 1. The van der Waals surface area contributed by atoms with Crippen LogP contribution < -0.4 is 10.0 Å². The van der Waals surface area contributed by atoms with Crippen LogP contribution in [0.5, 0.6) is 0 Å². The van der Waals surface area contributed by atoms with Crippen LogP contribution in [-0.4, -0.2) is 27.1 Å². The number of hydrogen-bond acceptors (Lipinski definition) is 3. The summed E-state index contributed by atoms with van der Waals surface area (Å²) in [5.74, 6) is -0.219. The number of hydrogen-bond donors (Lipinski definition) is 2. The van der Waals surface area contributed by atoms with Crippen LogP contribution in [0.3, 0.4) is 0 Å². The largest absolute Gasteiger partial charge is 0.348 e. The predicted molar refractivity (Wildman–Crippen MR) is 72.1 cm³/mol. The summed E-state index contributed by atoms with van der Waals surface area (Å²) >= 11 is 0. The minimum Gasteiger partial charge on any atom is -0.348 e. The van der Waals surface area contributed by atoms with E-state index in [0.717, 1.165) is 11.8 Å². The fourth-order valence-corrected chi connectivity index (χ4v) is 1.80. The molecular weight excluding hydrogens is 252 g/mol. The normalized spacial score (nSPS) is 10.8. The smallest absolute Gasteiger partial charge is 0.251 e. The number of rotatable bonds is 5. The number of anilines is 1. The Kier molecular flexibility index (Phi) is 4.49. The minimum absolute atomic E-state index is 0.219. The molecule has 1 amide bonds. The SMILES string of the molecule is C=C(C)CNC(=O)c1ccc(NS(C)(=O)=O)cc1. The van der Waals surface area contributed by atoms with E-state index in [2.05, 4.69) is 16.6 Å². The maximum atomic E-state index is 11.7. The second kappa shape index (κ2) is 5.68. The molecule has 0 saturated heterocycles. The molecule has 0 aromatic heterocycles. The lowest BCUT2D eigenvalue weighted by molar-refractivity contribution is 0.0957. The molecule has 0 unspecified atom stereocenters. The predicted octanol–water partition coefficient (Wildman–Crippen LogP) is 1.36. The van der Waals surface area contributed by atoms with Gasteiger partial charge < -0.3 is 5.32 Å². The van der Waals surface area contributed by atoms with Gasteiger partial charge in [0.15, 0.2) is 0 Å². The highest BCUT2D eigenvalue weighted by atomic mass is 32.2. The summed E-state index contributed by atoms with van der Waals surface area (Å²) < 4.78 is 24.3. The van der Waals surface area contributed by atoms with Gasteiger partial charge >= 0.3 is 0 Å². The maximum absolute atomic E-state index is 11.7. The van der Waals surface area contributed by atoms with Crippen molar-refractivity contribution < 1.29 is 13.2 Å². The van der Waals surface area contributed by atoms with Crippen LogP contribution in [0.1, 0.15) is 17.3 Å². The van der Waals surface area contributed by atoms with Gasteiger partial charge in [-0.05, 0) is 31.2 Å². The first-order valence-corrected chi connectivity index (χ1v) is 7.17. The molecule has 0 saturated carbocycles. The minimum atomic E-state index is -3.29. The Bertz CT molecular complexity index is 547. The fraction of sp³-hybridized carbons (Fsp3) is 0.250. The molecule has 0 aliphatic heterocycles. The van der Waals surface area contributed by atoms with Crippen LogP contribution in [0.4, 0.5) is 5.69 Å². The third-order valence-corrected chi connectivity index (χ3v) is 2.61. The van der Waals surface area contributed by atoms with Crippen LogP contribution in [0.2, 0.25) is 0 Å². The zero-order valence-corrected chi connectivity index (χ0v) is 11.2. The van der Waals surface area contributed by atoms with E-state index in [4.69, 9.17) is 0 Å². The Morgan fingerprint density at radius 2 is 1.83 bits per heavy atom. The molecule has 5 nitrogen and oxygen atoms in total. The van der Waals surface area contributed by atoms with Gasteiger partial charge in [-0.2, -0.15) is 0 Å². The van der Waals surface area contributed by atoms with Gasteiger partial charge in [0, 0.05) is 17.8 Å². The highest BCUT2D eigenvalue weighted by molar-refractivity contribution is 7.92. The molecule has 18 heavy (non-hydrogen) atoms. The Labute approximate surface area is 107 Å². The highest BCUT2D eigenvalue weighted by Gasteiger charge is 2.06. The third-order valence-electron chi connectivity index (χ3n) is 2.00. The second-order valence-electron chi connectivity index (χ2n) is 4.09. The third kappa shape index (κ3) is 5.01. The van der Waals surface area contributed by atoms with Crippen molar-refractivity contribution in [1.82, 2.24) is 5.32 Å². The molecule has 1 aromatic carbocycles. The average molecular weight is 268 g/mol. The van der Waals surface area contributed by atoms with Crippen LogP contribution in [0.25, 0.3) is 0 Å². The first kappa shape index (κ1) is 14.2. The topological polar surface area (TPSA) is 75.3 Å². The number of nitrogens with one attached hydrogen (secondary N) is 2. The zero-order valence-electron chi connectivity index (χ0n) is 10.4. The van der Waals surface area contributed by atoms with Gasteiger partial charge in [-0.25, -0.2) is 8.42 Å². The van der Waals surface area contributed by atoms with Crippen molar-refractivity contribution >= 4 is 21.6 Å². The average Bonchev–Trinajstić information content (AvgIpc) is 2.24. The van der Waals surface area contributed by atoms with Gasteiger partial charge in [-0.1, -0.05) is 12.2 Å². The first-order chi connectivity index (χ1) is 8.28. The van der Waals surface area contributed by atoms with E-state index in [1.807, 2.05) is 6.92 Å². The van der Waals surface area contributed by atoms with Gasteiger partial charge in [0.25, 0.3) is 5.91 Å². The van der Waals surface area contributed by atoms with Crippen LogP contribution in [0.15, 0.2) is 36.4 Å². The van der Waals surface area contributed by atoms with Crippen molar-refractivity contribution in [3.8, 4) is 0 Å². The standard InChI is InChI=1S/C12H16N2O3S/c1-9(2)8-13-12(15)10-4-6-11(7-5-10)14-18(3,16)17/h4-7,14H,1,8H2,2-3H3,(H,13,15). The van der Waals surface area contributed by atoms with E-state index < -0.39 is 10.0 Å². The number of carbonyl (C=O) groups is 1.